The molecular weight excluding hydrogens is 348 g/mol. The molecule has 0 radical (unpaired) electrons. The van der Waals surface area contributed by atoms with Gasteiger partial charge in [0, 0.05) is 17.5 Å². The van der Waals surface area contributed by atoms with Gasteiger partial charge >= 0.3 is 5.97 Å². The highest BCUT2D eigenvalue weighted by Gasteiger charge is 2.26. The van der Waals surface area contributed by atoms with Gasteiger partial charge in [-0.2, -0.15) is 0 Å². The second-order valence-electron chi connectivity index (χ2n) is 6.03. The lowest BCUT2D eigenvalue weighted by Crippen LogP contribution is -2.15. The van der Waals surface area contributed by atoms with Gasteiger partial charge in [0.25, 0.3) is 0 Å². The standard InChI is InChI=1S/C21H22O6/c1-4-26-19(23)12-27-20-16(9-11-18(24-2)21(20)25-3)13-6-5-7-15-14(13)8-10-17(15)22/h5-7,9,11H,4,8,10,12H2,1-3H3. The van der Waals surface area contributed by atoms with Crippen LogP contribution in [0.5, 0.6) is 17.2 Å². The molecule has 2 aromatic rings. The highest BCUT2D eigenvalue weighted by atomic mass is 16.6. The number of carbonyl (C=O) groups excluding carboxylic acids is 2. The van der Waals surface area contributed by atoms with Crippen LogP contribution in [0.1, 0.15) is 29.3 Å². The molecule has 6 heteroatoms. The number of ether oxygens (including phenoxy) is 4. The highest BCUT2D eigenvalue weighted by molar-refractivity contribution is 6.02. The summed E-state index contributed by atoms with van der Waals surface area (Å²) in [6.07, 6.45) is 1.18. The van der Waals surface area contributed by atoms with Crippen LogP contribution in [0.4, 0.5) is 0 Å². The number of esters is 1. The number of Topliss-reactive ketones (excluding diaryl/α,β-unsaturated/α-hetero) is 1. The van der Waals surface area contributed by atoms with Crippen LogP contribution in [0.2, 0.25) is 0 Å². The van der Waals surface area contributed by atoms with Gasteiger partial charge in [0.1, 0.15) is 0 Å². The summed E-state index contributed by atoms with van der Waals surface area (Å²) in [4.78, 5) is 23.9. The Labute approximate surface area is 158 Å². The molecule has 0 unspecified atom stereocenters. The third kappa shape index (κ3) is 3.60. The molecule has 0 spiro atoms. The molecule has 1 aliphatic rings. The summed E-state index contributed by atoms with van der Waals surface area (Å²) < 4.78 is 21.6. The van der Waals surface area contributed by atoms with E-state index in [2.05, 4.69) is 0 Å². The van der Waals surface area contributed by atoms with Crippen LogP contribution in [0.15, 0.2) is 30.3 Å². The third-order valence-electron chi connectivity index (χ3n) is 4.51. The van der Waals surface area contributed by atoms with Crippen LogP contribution >= 0.6 is 0 Å². The van der Waals surface area contributed by atoms with Crippen LogP contribution in [0, 0.1) is 0 Å². The van der Waals surface area contributed by atoms with E-state index in [0.29, 0.717) is 30.1 Å². The molecule has 0 amide bonds. The van der Waals surface area contributed by atoms with Gasteiger partial charge in [-0.3, -0.25) is 4.79 Å². The molecule has 142 valence electrons. The van der Waals surface area contributed by atoms with Gasteiger partial charge in [0.2, 0.25) is 5.75 Å². The van der Waals surface area contributed by atoms with Crippen LogP contribution in [0.3, 0.4) is 0 Å². The first-order chi connectivity index (χ1) is 13.1. The van der Waals surface area contributed by atoms with Crippen LogP contribution in [0.25, 0.3) is 11.1 Å². The Morgan fingerprint density at radius 1 is 0.963 bits per heavy atom. The van der Waals surface area contributed by atoms with Gasteiger partial charge in [-0.25, -0.2) is 4.79 Å². The summed E-state index contributed by atoms with van der Waals surface area (Å²) in [5.41, 5.74) is 3.34. The SMILES string of the molecule is CCOC(=O)COc1c(-c2cccc3c2CCC3=O)ccc(OC)c1OC. The number of rotatable bonds is 7. The number of methoxy groups -OCH3 is 2. The van der Waals surface area contributed by atoms with E-state index >= 15 is 0 Å². The summed E-state index contributed by atoms with van der Waals surface area (Å²) in [7, 11) is 3.04. The number of benzene rings is 2. The van der Waals surface area contributed by atoms with Gasteiger partial charge in [0.05, 0.1) is 20.8 Å². The van der Waals surface area contributed by atoms with E-state index in [-0.39, 0.29) is 19.0 Å². The smallest absolute Gasteiger partial charge is 0.344 e. The number of carbonyl (C=O) groups is 2. The molecule has 0 heterocycles. The molecule has 0 aromatic heterocycles. The van der Waals surface area contributed by atoms with Crippen molar-refractivity contribution in [3.63, 3.8) is 0 Å². The summed E-state index contributed by atoms with van der Waals surface area (Å²) >= 11 is 0. The minimum Gasteiger partial charge on any atom is -0.493 e. The van der Waals surface area contributed by atoms with Crippen LogP contribution < -0.4 is 14.2 Å². The molecule has 0 saturated carbocycles. The highest BCUT2D eigenvalue weighted by Crippen LogP contribution is 2.46. The lowest BCUT2D eigenvalue weighted by atomic mass is 9.95. The number of fused-ring (bicyclic) bond motifs is 1. The minimum atomic E-state index is -0.471. The predicted molar refractivity (Wildman–Crippen MR) is 99.8 cm³/mol. The Bertz CT molecular complexity index is 871. The molecule has 0 fully saturated rings. The Hall–Kier alpha value is -3.02. The van der Waals surface area contributed by atoms with Gasteiger partial charge in [-0.05, 0) is 36.6 Å². The van der Waals surface area contributed by atoms with Crippen LogP contribution in [-0.4, -0.2) is 39.2 Å². The lowest BCUT2D eigenvalue weighted by Gasteiger charge is -2.18. The zero-order chi connectivity index (χ0) is 19.4. The quantitative estimate of drug-likeness (QED) is 0.696. The summed E-state index contributed by atoms with van der Waals surface area (Å²) in [5, 5.41) is 0. The molecule has 0 N–H and O–H groups in total. The van der Waals surface area contributed by atoms with Gasteiger partial charge in [-0.1, -0.05) is 18.2 Å². The maximum Gasteiger partial charge on any atom is 0.344 e. The van der Waals surface area contributed by atoms with Crippen molar-refractivity contribution in [1.29, 1.82) is 0 Å². The Morgan fingerprint density at radius 2 is 1.74 bits per heavy atom. The zero-order valence-corrected chi connectivity index (χ0v) is 15.7. The Kier molecular flexibility index (Phi) is 5.64. The van der Waals surface area contributed by atoms with Crippen molar-refractivity contribution in [3.8, 4) is 28.4 Å². The van der Waals surface area contributed by atoms with E-state index in [1.807, 2.05) is 24.3 Å². The molecule has 3 rings (SSSR count). The topological polar surface area (TPSA) is 71.1 Å². The first-order valence-electron chi connectivity index (χ1n) is 8.79. The van der Waals surface area contributed by atoms with Crippen molar-refractivity contribution in [2.24, 2.45) is 0 Å². The minimum absolute atomic E-state index is 0.140. The van der Waals surface area contributed by atoms with E-state index in [1.165, 1.54) is 14.2 Å². The Balaban J connectivity index is 2.10. The second kappa shape index (κ2) is 8.12. The molecule has 1 aliphatic carbocycles. The van der Waals surface area contributed by atoms with Crippen molar-refractivity contribution < 1.29 is 28.5 Å². The zero-order valence-electron chi connectivity index (χ0n) is 15.7. The van der Waals surface area contributed by atoms with Gasteiger partial charge < -0.3 is 18.9 Å². The monoisotopic (exact) mass is 370 g/mol. The van der Waals surface area contributed by atoms with E-state index in [4.69, 9.17) is 18.9 Å². The van der Waals surface area contributed by atoms with Crippen LogP contribution in [-0.2, 0) is 16.0 Å². The summed E-state index contributed by atoms with van der Waals surface area (Å²) in [6.45, 7) is 1.76. The normalized spacial score (nSPS) is 12.5. The second-order valence-corrected chi connectivity index (χ2v) is 6.03. The first-order valence-corrected chi connectivity index (χ1v) is 8.79. The Morgan fingerprint density at radius 3 is 2.44 bits per heavy atom. The lowest BCUT2D eigenvalue weighted by molar-refractivity contribution is -0.145. The van der Waals surface area contributed by atoms with Crippen molar-refractivity contribution >= 4 is 11.8 Å². The average Bonchev–Trinajstić information content (AvgIpc) is 3.07. The number of hydrogen-bond donors (Lipinski definition) is 0. The summed E-state index contributed by atoms with van der Waals surface area (Å²) in [5.74, 6) is 0.936. The van der Waals surface area contributed by atoms with Crippen molar-refractivity contribution in [3.05, 3.63) is 41.5 Å². The number of ketones is 1. The largest absolute Gasteiger partial charge is 0.493 e. The molecule has 27 heavy (non-hydrogen) atoms. The van der Waals surface area contributed by atoms with E-state index < -0.39 is 5.97 Å². The molecule has 2 aromatic carbocycles. The average molecular weight is 370 g/mol. The summed E-state index contributed by atoms with van der Waals surface area (Å²) in [6, 6.07) is 9.26. The molecular formula is C21H22O6. The van der Waals surface area contributed by atoms with Crippen molar-refractivity contribution in [2.75, 3.05) is 27.4 Å². The van der Waals surface area contributed by atoms with E-state index in [1.54, 1.807) is 13.0 Å². The molecule has 0 saturated heterocycles. The van der Waals surface area contributed by atoms with Gasteiger partial charge in [0.15, 0.2) is 23.9 Å². The fraction of sp³-hybridized carbons (Fsp3) is 0.333. The van der Waals surface area contributed by atoms with E-state index in [0.717, 1.165) is 22.3 Å². The molecule has 0 atom stereocenters. The first kappa shape index (κ1) is 18.8. The number of hydrogen-bond acceptors (Lipinski definition) is 6. The van der Waals surface area contributed by atoms with E-state index in [9.17, 15) is 9.59 Å². The third-order valence-corrected chi connectivity index (χ3v) is 4.51. The fourth-order valence-corrected chi connectivity index (χ4v) is 3.33. The fourth-order valence-electron chi connectivity index (χ4n) is 3.33. The molecule has 6 nitrogen and oxygen atoms in total. The van der Waals surface area contributed by atoms with Crippen molar-refractivity contribution in [1.82, 2.24) is 0 Å². The maximum absolute atomic E-state index is 12.1. The molecule has 0 bridgehead atoms. The molecule has 0 aliphatic heterocycles. The maximum atomic E-state index is 12.1. The predicted octanol–water partition coefficient (Wildman–Crippen LogP) is 3.44. The van der Waals surface area contributed by atoms with Crippen molar-refractivity contribution in [2.45, 2.75) is 19.8 Å². The van der Waals surface area contributed by atoms with Gasteiger partial charge in [-0.15, -0.1) is 0 Å².